The van der Waals surface area contributed by atoms with E-state index in [0.717, 1.165) is 4.47 Å². The van der Waals surface area contributed by atoms with Gasteiger partial charge in [0.15, 0.2) is 11.6 Å². The molecular formula is C16H16BrFO2. The van der Waals surface area contributed by atoms with E-state index in [1.807, 2.05) is 19.1 Å². The van der Waals surface area contributed by atoms with Crippen molar-refractivity contribution in [2.45, 2.75) is 18.9 Å². The minimum atomic E-state index is -1.39. The highest BCUT2D eigenvalue weighted by Gasteiger charge is 2.33. The first kappa shape index (κ1) is 15.0. The number of hydrogen-bond acceptors (Lipinski definition) is 2. The summed E-state index contributed by atoms with van der Waals surface area (Å²) in [6, 6.07) is 12.1. The molecule has 0 fully saturated rings. The highest BCUT2D eigenvalue weighted by atomic mass is 79.9. The zero-order chi connectivity index (χ0) is 14.8. The first-order valence-electron chi connectivity index (χ1n) is 6.34. The Kier molecular flexibility index (Phi) is 4.45. The Balaban J connectivity index is 2.62. The summed E-state index contributed by atoms with van der Waals surface area (Å²) in [5.41, 5.74) is -0.526. The molecule has 0 spiro atoms. The summed E-state index contributed by atoms with van der Waals surface area (Å²) >= 11 is 3.37. The van der Waals surface area contributed by atoms with Gasteiger partial charge in [-0.2, -0.15) is 0 Å². The van der Waals surface area contributed by atoms with Crippen molar-refractivity contribution in [2.75, 3.05) is 7.11 Å². The van der Waals surface area contributed by atoms with Crippen molar-refractivity contribution in [3.05, 3.63) is 63.9 Å². The number of hydrogen-bond donors (Lipinski definition) is 1. The van der Waals surface area contributed by atoms with Crippen molar-refractivity contribution in [3.63, 3.8) is 0 Å². The third-order valence-electron chi connectivity index (χ3n) is 3.44. The Hall–Kier alpha value is -1.39. The predicted molar refractivity (Wildman–Crippen MR) is 80.4 cm³/mol. The molecule has 106 valence electrons. The van der Waals surface area contributed by atoms with Crippen LogP contribution in [0.4, 0.5) is 4.39 Å². The molecule has 0 aliphatic rings. The summed E-state index contributed by atoms with van der Waals surface area (Å²) in [4.78, 5) is 0. The standard InChI is InChI=1S/C16H16BrFO2/c1-3-16(19,11-6-4-7-12(17)10-11)13-8-5-9-14(20-2)15(13)18/h4-10,19H,3H2,1-2H3. The van der Waals surface area contributed by atoms with Crippen LogP contribution in [-0.2, 0) is 5.60 Å². The van der Waals surface area contributed by atoms with E-state index in [4.69, 9.17) is 4.74 Å². The zero-order valence-electron chi connectivity index (χ0n) is 11.4. The van der Waals surface area contributed by atoms with E-state index in [0.29, 0.717) is 12.0 Å². The van der Waals surface area contributed by atoms with Crippen LogP contribution in [0.25, 0.3) is 0 Å². The van der Waals surface area contributed by atoms with Crippen LogP contribution in [0.5, 0.6) is 5.75 Å². The smallest absolute Gasteiger partial charge is 0.171 e. The van der Waals surface area contributed by atoms with Crippen LogP contribution in [0.1, 0.15) is 24.5 Å². The molecule has 4 heteroatoms. The maximum Gasteiger partial charge on any atom is 0.171 e. The van der Waals surface area contributed by atoms with Crippen LogP contribution in [0.2, 0.25) is 0 Å². The van der Waals surface area contributed by atoms with E-state index in [9.17, 15) is 9.50 Å². The highest BCUT2D eigenvalue weighted by molar-refractivity contribution is 9.10. The quantitative estimate of drug-likeness (QED) is 0.903. The molecule has 20 heavy (non-hydrogen) atoms. The van der Waals surface area contributed by atoms with Crippen molar-refractivity contribution >= 4 is 15.9 Å². The van der Waals surface area contributed by atoms with Gasteiger partial charge < -0.3 is 9.84 Å². The molecule has 1 atom stereocenters. The Morgan fingerprint density at radius 2 is 1.95 bits per heavy atom. The number of aliphatic hydroxyl groups is 1. The first-order chi connectivity index (χ1) is 9.52. The third kappa shape index (κ3) is 2.58. The Labute approximate surface area is 126 Å². The molecule has 0 aromatic heterocycles. The monoisotopic (exact) mass is 338 g/mol. The van der Waals surface area contributed by atoms with E-state index < -0.39 is 11.4 Å². The van der Waals surface area contributed by atoms with Gasteiger partial charge >= 0.3 is 0 Å². The largest absolute Gasteiger partial charge is 0.494 e. The molecule has 1 N–H and O–H groups in total. The molecule has 0 saturated heterocycles. The molecule has 2 aromatic carbocycles. The summed E-state index contributed by atoms with van der Waals surface area (Å²) in [5.74, 6) is -0.399. The molecule has 0 radical (unpaired) electrons. The van der Waals surface area contributed by atoms with Crippen LogP contribution in [0.3, 0.4) is 0 Å². The second-order valence-corrected chi connectivity index (χ2v) is 5.46. The fourth-order valence-corrected chi connectivity index (χ4v) is 2.68. The molecule has 0 heterocycles. The molecule has 2 rings (SSSR count). The number of benzene rings is 2. The summed E-state index contributed by atoms with van der Waals surface area (Å²) in [7, 11) is 1.41. The van der Waals surface area contributed by atoms with E-state index in [1.165, 1.54) is 13.2 Å². The predicted octanol–water partition coefficient (Wildman–Crippen LogP) is 4.24. The van der Waals surface area contributed by atoms with Crippen molar-refractivity contribution < 1.29 is 14.2 Å². The average Bonchev–Trinajstić information content (AvgIpc) is 2.46. The first-order valence-corrected chi connectivity index (χ1v) is 7.13. The lowest BCUT2D eigenvalue weighted by Crippen LogP contribution is -2.27. The zero-order valence-corrected chi connectivity index (χ0v) is 12.9. The molecule has 0 aliphatic heterocycles. The molecule has 0 aliphatic carbocycles. The van der Waals surface area contributed by atoms with Gasteiger partial charge in [0.25, 0.3) is 0 Å². The lowest BCUT2D eigenvalue weighted by molar-refractivity contribution is 0.0719. The van der Waals surface area contributed by atoms with Gasteiger partial charge in [0.1, 0.15) is 5.60 Å². The summed E-state index contributed by atoms with van der Waals surface area (Å²) in [6.07, 6.45) is 0.355. The lowest BCUT2D eigenvalue weighted by atomic mass is 9.84. The molecule has 0 saturated carbocycles. The highest BCUT2D eigenvalue weighted by Crippen LogP contribution is 2.37. The van der Waals surface area contributed by atoms with Gasteiger partial charge in [-0.1, -0.05) is 47.1 Å². The third-order valence-corrected chi connectivity index (χ3v) is 3.94. The van der Waals surface area contributed by atoms with E-state index in [2.05, 4.69) is 15.9 Å². The van der Waals surface area contributed by atoms with E-state index in [-0.39, 0.29) is 11.3 Å². The molecule has 1 unspecified atom stereocenters. The number of halogens is 2. The fourth-order valence-electron chi connectivity index (χ4n) is 2.28. The second-order valence-electron chi connectivity index (χ2n) is 4.55. The van der Waals surface area contributed by atoms with Crippen LogP contribution < -0.4 is 4.74 Å². The summed E-state index contributed by atoms with van der Waals surface area (Å²) in [5, 5.41) is 11.0. The van der Waals surface area contributed by atoms with Gasteiger partial charge in [-0.15, -0.1) is 0 Å². The molecule has 2 aromatic rings. The van der Waals surface area contributed by atoms with E-state index in [1.54, 1.807) is 24.3 Å². The second kappa shape index (κ2) is 5.94. The van der Waals surface area contributed by atoms with Crippen LogP contribution in [0, 0.1) is 5.82 Å². The van der Waals surface area contributed by atoms with Crippen molar-refractivity contribution in [2.24, 2.45) is 0 Å². The number of methoxy groups -OCH3 is 1. The average molecular weight is 339 g/mol. The fraction of sp³-hybridized carbons (Fsp3) is 0.250. The molecule has 2 nitrogen and oxygen atoms in total. The van der Waals surface area contributed by atoms with Gasteiger partial charge in [-0.25, -0.2) is 4.39 Å². The van der Waals surface area contributed by atoms with Crippen molar-refractivity contribution in [1.82, 2.24) is 0 Å². The molecule has 0 bridgehead atoms. The van der Waals surface area contributed by atoms with Gasteiger partial charge in [0.05, 0.1) is 7.11 Å². The Morgan fingerprint density at radius 3 is 2.55 bits per heavy atom. The van der Waals surface area contributed by atoms with Crippen molar-refractivity contribution in [3.8, 4) is 5.75 Å². The minimum Gasteiger partial charge on any atom is -0.494 e. The Bertz CT molecular complexity index is 615. The van der Waals surface area contributed by atoms with Gasteiger partial charge in [-0.3, -0.25) is 0 Å². The van der Waals surface area contributed by atoms with Gasteiger partial charge in [0.2, 0.25) is 0 Å². The van der Waals surface area contributed by atoms with Crippen LogP contribution in [-0.4, -0.2) is 12.2 Å². The number of ether oxygens (including phenoxy) is 1. The Morgan fingerprint density at radius 1 is 1.25 bits per heavy atom. The summed E-state index contributed by atoms with van der Waals surface area (Å²) in [6.45, 7) is 1.82. The van der Waals surface area contributed by atoms with Gasteiger partial charge in [0, 0.05) is 10.0 Å². The molecular weight excluding hydrogens is 323 g/mol. The topological polar surface area (TPSA) is 29.5 Å². The maximum absolute atomic E-state index is 14.4. The minimum absolute atomic E-state index is 0.129. The lowest BCUT2D eigenvalue weighted by Gasteiger charge is -2.29. The SMILES string of the molecule is CCC(O)(c1cccc(Br)c1)c1cccc(OC)c1F. The van der Waals surface area contributed by atoms with Crippen LogP contribution >= 0.6 is 15.9 Å². The van der Waals surface area contributed by atoms with E-state index >= 15 is 0 Å². The molecule has 0 amide bonds. The maximum atomic E-state index is 14.4. The summed E-state index contributed by atoms with van der Waals surface area (Å²) < 4.78 is 20.3. The van der Waals surface area contributed by atoms with Crippen molar-refractivity contribution in [1.29, 1.82) is 0 Å². The number of rotatable bonds is 4. The normalized spacial score (nSPS) is 13.8. The van der Waals surface area contributed by atoms with Crippen LogP contribution in [0.15, 0.2) is 46.9 Å². The van der Waals surface area contributed by atoms with Gasteiger partial charge in [-0.05, 0) is 30.2 Å².